The highest BCUT2D eigenvalue weighted by atomic mass is 16.5. The van der Waals surface area contributed by atoms with Gasteiger partial charge < -0.3 is 15.2 Å². The first kappa shape index (κ1) is 15.9. The highest BCUT2D eigenvalue weighted by Gasteiger charge is 2.30. The van der Waals surface area contributed by atoms with Gasteiger partial charge in [0.1, 0.15) is 0 Å². The van der Waals surface area contributed by atoms with Crippen LogP contribution < -0.4 is 5.32 Å². The van der Waals surface area contributed by atoms with E-state index in [2.05, 4.69) is 37.9 Å². The second kappa shape index (κ2) is 7.43. The summed E-state index contributed by atoms with van der Waals surface area (Å²) in [4.78, 5) is 2.44. The molecule has 0 aromatic carbocycles. The first-order valence-electron chi connectivity index (χ1n) is 7.22. The summed E-state index contributed by atoms with van der Waals surface area (Å²) in [5.74, 6) is 0. The Morgan fingerprint density at radius 3 is 2.67 bits per heavy atom. The monoisotopic (exact) mass is 258 g/mol. The molecule has 18 heavy (non-hydrogen) atoms. The lowest BCUT2D eigenvalue weighted by molar-refractivity contribution is -0.102. The van der Waals surface area contributed by atoms with E-state index in [1.165, 1.54) is 0 Å². The Labute approximate surface area is 112 Å². The molecule has 1 aliphatic rings. The van der Waals surface area contributed by atoms with Crippen LogP contribution in [0.3, 0.4) is 0 Å². The lowest BCUT2D eigenvalue weighted by Gasteiger charge is -2.41. The van der Waals surface area contributed by atoms with Crippen LogP contribution in [-0.4, -0.2) is 61.5 Å². The zero-order valence-electron chi connectivity index (χ0n) is 12.4. The zero-order valence-corrected chi connectivity index (χ0v) is 12.4. The van der Waals surface area contributed by atoms with Gasteiger partial charge in [0.2, 0.25) is 0 Å². The van der Waals surface area contributed by atoms with E-state index in [4.69, 9.17) is 4.74 Å². The summed E-state index contributed by atoms with van der Waals surface area (Å²) in [6, 6.07) is 0. The van der Waals surface area contributed by atoms with Crippen LogP contribution in [0.1, 0.15) is 34.1 Å². The maximum atomic E-state index is 9.26. The van der Waals surface area contributed by atoms with Gasteiger partial charge in [-0.25, -0.2) is 0 Å². The molecule has 0 radical (unpaired) electrons. The van der Waals surface area contributed by atoms with Gasteiger partial charge in [0.05, 0.1) is 18.8 Å². The molecule has 4 nitrogen and oxygen atoms in total. The van der Waals surface area contributed by atoms with Crippen molar-refractivity contribution in [3.8, 4) is 0 Å². The Bertz CT molecular complexity index is 238. The Balaban J connectivity index is 2.52. The summed E-state index contributed by atoms with van der Waals surface area (Å²) < 4.78 is 5.69. The summed E-state index contributed by atoms with van der Waals surface area (Å²) in [5.41, 5.74) is 0.299. The SMILES string of the molecule is CCNCC(C)(CC)CN1CC(C)OC(CO)C1. The van der Waals surface area contributed by atoms with Crippen molar-refractivity contribution in [2.24, 2.45) is 5.41 Å². The van der Waals surface area contributed by atoms with Crippen molar-refractivity contribution < 1.29 is 9.84 Å². The lowest BCUT2D eigenvalue weighted by Crippen LogP contribution is -2.52. The van der Waals surface area contributed by atoms with Gasteiger partial charge in [0.25, 0.3) is 0 Å². The average Bonchev–Trinajstić information content (AvgIpc) is 2.35. The molecule has 1 rings (SSSR count). The van der Waals surface area contributed by atoms with Crippen molar-refractivity contribution in [2.45, 2.75) is 46.3 Å². The summed E-state index contributed by atoms with van der Waals surface area (Å²) >= 11 is 0. The highest BCUT2D eigenvalue weighted by Crippen LogP contribution is 2.23. The molecule has 1 aliphatic heterocycles. The maximum Gasteiger partial charge on any atom is 0.0936 e. The quantitative estimate of drug-likeness (QED) is 0.717. The molecule has 3 unspecified atom stereocenters. The normalized spacial score (nSPS) is 29.2. The second-order valence-corrected chi connectivity index (χ2v) is 5.89. The van der Waals surface area contributed by atoms with Crippen LogP contribution in [0.25, 0.3) is 0 Å². The largest absolute Gasteiger partial charge is 0.394 e. The van der Waals surface area contributed by atoms with E-state index in [0.717, 1.165) is 39.1 Å². The molecule has 1 fully saturated rings. The third-order valence-electron chi connectivity index (χ3n) is 3.87. The fourth-order valence-electron chi connectivity index (χ4n) is 2.63. The molecule has 108 valence electrons. The van der Waals surface area contributed by atoms with Gasteiger partial charge in [-0.3, -0.25) is 4.90 Å². The molecule has 1 saturated heterocycles. The molecule has 0 saturated carbocycles. The van der Waals surface area contributed by atoms with Crippen LogP contribution in [0.2, 0.25) is 0 Å². The van der Waals surface area contributed by atoms with Crippen LogP contribution in [-0.2, 0) is 4.74 Å². The molecular weight excluding hydrogens is 228 g/mol. The molecule has 0 amide bonds. The Kier molecular flexibility index (Phi) is 6.57. The summed E-state index contributed by atoms with van der Waals surface area (Å²) in [5, 5.41) is 12.7. The van der Waals surface area contributed by atoms with Gasteiger partial charge in [-0.05, 0) is 25.3 Å². The van der Waals surface area contributed by atoms with E-state index < -0.39 is 0 Å². The van der Waals surface area contributed by atoms with Crippen molar-refractivity contribution in [2.75, 3.05) is 39.3 Å². The predicted molar refractivity (Wildman–Crippen MR) is 74.8 cm³/mol. The molecular formula is C14H30N2O2. The molecule has 0 aromatic rings. The molecule has 0 aliphatic carbocycles. The van der Waals surface area contributed by atoms with Crippen molar-refractivity contribution in [1.29, 1.82) is 0 Å². The highest BCUT2D eigenvalue weighted by molar-refractivity contribution is 4.83. The van der Waals surface area contributed by atoms with Gasteiger partial charge in [-0.1, -0.05) is 20.8 Å². The number of hydrogen-bond acceptors (Lipinski definition) is 4. The smallest absolute Gasteiger partial charge is 0.0936 e. The van der Waals surface area contributed by atoms with Crippen molar-refractivity contribution >= 4 is 0 Å². The second-order valence-electron chi connectivity index (χ2n) is 5.89. The van der Waals surface area contributed by atoms with Crippen molar-refractivity contribution in [3.63, 3.8) is 0 Å². The molecule has 1 heterocycles. The fraction of sp³-hybridized carbons (Fsp3) is 1.00. The number of aliphatic hydroxyl groups excluding tert-OH is 1. The minimum Gasteiger partial charge on any atom is -0.394 e. The van der Waals surface area contributed by atoms with E-state index in [1.54, 1.807) is 0 Å². The minimum absolute atomic E-state index is 0.0195. The number of hydrogen-bond donors (Lipinski definition) is 2. The third-order valence-corrected chi connectivity index (χ3v) is 3.87. The molecule has 2 N–H and O–H groups in total. The first-order chi connectivity index (χ1) is 8.53. The van der Waals surface area contributed by atoms with Gasteiger partial charge in [-0.2, -0.15) is 0 Å². The number of aliphatic hydroxyl groups is 1. The fourth-order valence-corrected chi connectivity index (χ4v) is 2.63. The van der Waals surface area contributed by atoms with Crippen LogP contribution >= 0.6 is 0 Å². The molecule has 4 heteroatoms. The number of nitrogens with one attached hydrogen (secondary N) is 1. The Hall–Kier alpha value is -0.160. The molecule has 0 aromatic heterocycles. The first-order valence-corrected chi connectivity index (χ1v) is 7.22. The molecule has 0 spiro atoms. The van der Waals surface area contributed by atoms with E-state index in [0.29, 0.717) is 5.41 Å². The predicted octanol–water partition coefficient (Wildman–Crippen LogP) is 1.09. The van der Waals surface area contributed by atoms with Crippen LogP contribution in [0.5, 0.6) is 0 Å². The standard InChI is InChI=1S/C14H30N2O2/c1-5-14(4,10-15-6-2)11-16-7-12(3)18-13(8-16)9-17/h12-13,15,17H,5-11H2,1-4H3. The Morgan fingerprint density at radius 2 is 2.11 bits per heavy atom. The average molecular weight is 258 g/mol. The maximum absolute atomic E-state index is 9.26. The minimum atomic E-state index is -0.0195. The lowest BCUT2D eigenvalue weighted by atomic mass is 9.86. The summed E-state index contributed by atoms with van der Waals surface area (Å²) in [6.07, 6.45) is 1.36. The number of ether oxygens (including phenoxy) is 1. The van der Waals surface area contributed by atoms with E-state index in [-0.39, 0.29) is 18.8 Å². The summed E-state index contributed by atoms with van der Waals surface area (Å²) in [7, 11) is 0. The third kappa shape index (κ3) is 4.84. The Morgan fingerprint density at radius 1 is 1.39 bits per heavy atom. The molecule has 3 atom stereocenters. The van der Waals surface area contributed by atoms with E-state index in [9.17, 15) is 5.11 Å². The van der Waals surface area contributed by atoms with Gasteiger partial charge in [-0.15, -0.1) is 0 Å². The van der Waals surface area contributed by atoms with Gasteiger partial charge in [0.15, 0.2) is 0 Å². The number of morpholine rings is 1. The van der Waals surface area contributed by atoms with E-state index >= 15 is 0 Å². The topological polar surface area (TPSA) is 44.7 Å². The van der Waals surface area contributed by atoms with Crippen LogP contribution in [0, 0.1) is 5.41 Å². The number of rotatable bonds is 7. The van der Waals surface area contributed by atoms with Crippen molar-refractivity contribution in [1.82, 2.24) is 10.2 Å². The van der Waals surface area contributed by atoms with Crippen molar-refractivity contribution in [3.05, 3.63) is 0 Å². The van der Waals surface area contributed by atoms with Crippen LogP contribution in [0.15, 0.2) is 0 Å². The van der Waals surface area contributed by atoms with Gasteiger partial charge >= 0.3 is 0 Å². The summed E-state index contributed by atoms with van der Waals surface area (Å²) in [6.45, 7) is 13.9. The zero-order chi connectivity index (χ0) is 13.6. The van der Waals surface area contributed by atoms with E-state index in [1.807, 2.05) is 0 Å². The number of nitrogens with zero attached hydrogens (tertiary/aromatic N) is 1. The van der Waals surface area contributed by atoms with Gasteiger partial charge in [0, 0.05) is 26.2 Å². The molecule has 0 bridgehead atoms. The van der Waals surface area contributed by atoms with Crippen LogP contribution in [0.4, 0.5) is 0 Å².